The molecule has 0 heterocycles. The minimum absolute atomic E-state index is 0. The number of hydrogen-bond acceptors (Lipinski definition) is 4. The van der Waals surface area contributed by atoms with E-state index in [0.29, 0.717) is 0 Å². The van der Waals surface area contributed by atoms with E-state index in [1.807, 2.05) is 0 Å². The minimum Gasteiger partial charge on any atom is -0.466 e. The van der Waals surface area contributed by atoms with Crippen LogP contribution in [-0.2, 0) is 19.1 Å². The Labute approximate surface area is 91.8 Å². The number of carbonyl (C=O) groups is 2. The van der Waals surface area contributed by atoms with E-state index in [1.165, 1.54) is 0 Å². The van der Waals surface area contributed by atoms with Gasteiger partial charge in [-0.25, -0.2) is 0 Å². The number of esters is 2. The van der Waals surface area contributed by atoms with Crippen molar-refractivity contribution in [1.82, 2.24) is 0 Å². The smallest absolute Gasteiger partial charge is 0.317 e. The van der Waals surface area contributed by atoms with Crippen molar-refractivity contribution in [2.24, 2.45) is 0 Å². The summed E-state index contributed by atoms with van der Waals surface area (Å²) in [6.45, 7) is 3.95. The van der Waals surface area contributed by atoms with Gasteiger partial charge in [0.2, 0.25) is 0 Å². The molecule has 0 saturated carbocycles. The molecule has 0 rings (SSSR count). The van der Waals surface area contributed by atoms with E-state index in [-0.39, 0.29) is 46.9 Å². The van der Waals surface area contributed by atoms with Crippen molar-refractivity contribution in [1.29, 1.82) is 0 Å². The summed E-state index contributed by atoms with van der Waals surface area (Å²) in [4.78, 5) is 21.2. The fourth-order valence-corrected chi connectivity index (χ4v) is 0.542. The monoisotopic (exact) mass is 365 g/mol. The van der Waals surface area contributed by atoms with Gasteiger partial charge in [-0.15, -0.1) is 0 Å². The van der Waals surface area contributed by atoms with Gasteiger partial charge in [0.05, 0.1) is 13.2 Å². The van der Waals surface area contributed by atoms with Crippen LogP contribution in [0.25, 0.3) is 0 Å². The van der Waals surface area contributed by atoms with Crippen molar-refractivity contribution in [3.05, 3.63) is 0 Å². The molecule has 0 spiro atoms. The molecule has 5 heteroatoms. The molecule has 4 nitrogen and oxygen atoms in total. The minimum atomic E-state index is -0.536. The van der Waals surface area contributed by atoms with Gasteiger partial charge in [-0.1, -0.05) is 0 Å². The van der Waals surface area contributed by atoms with Gasteiger partial charge in [-0.3, -0.25) is 9.59 Å². The molecule has 0 bridgehead atoms. The van der Waals surface area contributed by atoms with Gasteiger partial charge >= 0.3 is 11.9 Å². The van der Waals surface area contributed by atoms with Gasteiger partial charge < -0.3 is 9.47 Å². The van der Waals surface area contributed by atoms with E-state index in [4.69, 9.17) is 0 Å². The molecule has 0 atom stereocenters. The van der Waals surface area contributed by atoms with Gasteiger partial charge in [-0.05, 0) is 13.8 Å². The van der Waals surface area contributed by atoms with Crippen LogP contribution in [0.15, 0.2) is 0 Å². The molecule has 0 fully saturated rings. The fraction of sp³-hybridized carbons (Fsp3) is 0.714. The quantitative estimate of drug-likeness (QED) is 0.404. The molecule has 0 aromatic rings. The van der Waals surface area contributed by atoms with Crippen LogP contribution >= 0.6 is 0 Å². The molecule has 0 aromatic heterocycles. The average Bonchev–Trinajstić information content (AvgIpc) is 1.87. The molecule has 0 N–H and O–H groups in total. The van der Waals surface area contributed by atoms with Crippen LogP contribution in [-0.4, -0.2) is 52.5 Å². The van der Waals surface area contributed by atoms with Gasteiger partial charge in [0.25, 0.3) is 0 Å². The zero-order valence-electron chi connectivity index (χ0n) is 7.33. The predicted molar refractivity (Wildman–Crippen MR) is 43.6 cm³/mol. The number of hydrogen-bond donors (Lipinski definition) is 0. The maximum absolute atomic E-state index is 10.6. The third-order valence-corrected chi connectivity index (χ3v) is 0.899. The SMILES string of the molecule is CCOC(=O)CC(=O)OCC.[Tl]. The molecular weight excluding hydrogens is 352 g/mol. The van der Waals surface area contributed by atoms with Crippen LogP contribution < -0.4 is 0 Å². The van der Waals surface area contributed by atoms with E-state index in [2.05, 4.69) is 9.47 Å². The Bertz CT molecular complexity index is 130. The molecule has 1 radical (unpaired) electrons. The van der Waals surface area contributed by atoms with Crippen LogP contribution in [0.2, 0.25) is 0 Å². The fourth-order valence-electron chi connectivity index (χ4n) is 0.542. The Hall–Kier alpha value is -0.138. The van der Waals surface area contributed by atoms with E-state index in [9.17, 15) is 9.59 Å². The molecule has 0 aromatic carbocycles. The summed E-state index contributed by atoms with van der Waals surface area (Å²) in [7, 11) is 0. The van der Waals surface area contributed by atoms with E-state index in [1.54, 1.807) is 13.8 Å². The van der Waals surface area contributed by atoms with Gasteiger partial charge in [0.15, 0.2) is 0 Å². The van der Waals surface area contributed by atoms with Crippen molar-refractivity contribution in [2.45, 2.75) is 20.3 Å². The molecule has 0 aliphatic carbocycles. The van der Waals surface area contributed by atoms with Crippen LogP contribution in [0.4, 0.5) is 0 Å². The summed E-state index contributed by atoms with van der Waals surface area (Å²) in [5.74, 6) is -1.07. The predicted octanol–water partition coefficient (Wildman–Crippen LogP) is 0.122. The molecule has 0 saturated heterocycles. The van der Waals surface area contributed by atoms with Crippen molar-refractivity contribution < 1.29 is 19.1 Å². The Morgan fingerprint density at radius 1 is 1.00 bits per heavy atom. The molecule has 12 heavy (non-hydrogen) atoms. The largest absolute Gasteiger partial charge is 0.466 e. The standard InChI is InChI=1S/C7H12O4.Tl/c1-3-10-6(8)5-7(9)11-4-2;/h3-5H2,1-2H3;. The summed E-state index contributed by atoms with van der Waals surface area (Å²) in [6, 6.07) is 0. The Morgan fingerprint density at radius 3 is 1.58 bits per heavy atom. The second kappa shape index (κ2) is 8.95. The Morgan fingerprint density at radius 2 is 1.33 bits per heavy atom. The number of rotatable bonds is 4. The summed E-state index contributed by atoms with van der Waals surface area (Å²) in [6.07, 6.45) is -0.290. The average molecular weight is 365 g/mol. The molecule has 0 unspecified atom stereocenters. The normalized spacial score (nSPS) is 8.17. The summed E-state index contributed by atoms with van der Waals surface area (Å²) < 4.78 is 9.04. The molecule has 67 valence electrons. The van der Waals surface area contributed by atoms with Crippen molar-refractivity contribution in [3.8, 4) is 0 Å². The van der Waals surface area contributed by atoms with Crippen LogP contribution in [0, 0.1) is 0 Å². The van der Waals surface area contributed by atoms with Crippen LogP contribution in [0.1, 0.15) is 20.3 Å². The maximum Gasteiger partial charge on any atom is 0.317 e. The van der Waals surface area contributed by atoms with Crippen molar-refractivity contribution >= 4 is 39.2 Å². The topological polar surface area (TPSA) is 52.6 Å². The summed E-state index contributed by atoms with van der Waals surface area (Å²) in [5.41, 5.74) is 0. The third-order valence-electron chi connectivity index (χ3n) is 0.899. The third kappa shape index (κ3) is 7.96. The molecule has 0 aliphatic heterocycles. The van der Waals surface area contributed by atoms with Gasteiger partial charge in [0, 0.05) is 27.3 Å². The summed E-state index contributed by atoms with van der Waals surface area (Å²) >= 11 is 0. The maximum atomic E-state index is 10.6. The van der Waals surface area contributed by atoms with E-state index < -0.39 is 11.9 Å². The first kappa shape index (κ1) is 14.4. The van der Waals surface area contributed by atoms with Crippen LogP contribution in [0.3, 0.4) is 0 Å². The molecule has 0 amide bonds. The van der Waals surface area contributed by atoms with E-state index >= 15 is 0 Å². The first-order chi connectivity index (χ1) is 5.20. The second-order valence-corrected chi connectivity index (χ2v) is 1.79. The van der Waals surface area contributed by atoms with Gasteiger partial charge in [0.1, 0.15) is 6.42 Å². The molecular formula is C7H12O4Tl. The Balaban J connectivity index is 0. The number of ether oxygens (including phenoxy) is 2. The zero-order valence-corrected chi connectivity index (χ0v) is 11.8. The summed E-state index contributed by atoms with van der Waals surface area (Å²) in [5, 5.41) is 0. The second-order valence-electron chi connectivity index (χ2n) is 1.79. The Kier molecular flexibility index (Phi) is 10.7. The zero-order chi connectivity index (χ0) is 8.69. The van der Waals surface area contributed by atoms with Gasteiger partial charge in [-0.2, -0.15) is 0 Å². The van der Waals surface area contributed by atoms with Crippen molar-refractivity contribution in [3.63, 3.8) is 0 Å². The molecule has 0 aliphatic rings. The van der Waals surface area contributed by atoms with E-state index in [0.717, 1.165) is 0 Å². The number of carbonyl (C=O) groups excluding carboxylic acids is 2. The van der Waals surface area contributed by atoms with Crippen molar-refractivity contribution in [2.75, 3.05) is 13.2 Å². The first-order valence-corrected chi connectivity index (χ1v) is 3.52. The van der Waals surface area contributed by atoms with Crippen LogP contribution in [0.5, 0.6) is 0 Å². The first-order valence-electron chi connectivity index (χ1n) is 3.52.